The van der Waals surface area contributed by atoms with Crippen molar-refractivity contribution in [2.24, 2.45) is 0 Å². The van der Waals surface area contributed by atoms with Crippen molar-refractivity contribution in [1.82, 2.24) is 4.90 Å². The smallest absolute Gasteiger partial charge is 0.227 e. The molecule has 0 unspecified atom stereocenters. The molecule has 0 radical (unpaired) electrons. The van der Waals surface area contributed by atoms with Crippen molar-refractivity contribution in [3.05, 3.63) is 82.0 Å². The average molecular weight is 396 g/mol. The summed E-state index contributed by atoms with van der Waals surface area (Å²) in [5.74, 6) is 1.56. The minimum atomic E-state index is 0.139. The van der Waals surface area contributed by atoms with Gasteiger partial charge >= 0.3 is 0 Å². The average Bonchev–Trinajstić information content (AvgIpc) is 3.24. The molecule has 0 fully saturated rings. The van der Waals surface area contributed by atoms with Crippen LogP contribution in [0.4, 0.5) is 0 Å². The summed E-state index contributed by atoms with van der Waals surface area (Å²) in [5, 5.41) is 2.05. The van der Waals surface area contributed by atoms with E-state index in [1.165, 1.54) is 4.88 Å². The molecule has 0 bridgehead atoms. The van der Waals surface area contributed by atoms with Crippen LogP contribution >= 0.6 is 11.3 Å². The van der Waals surface area contributed by atoms with Crippen molar-refractivity contribution >= 4 is 17.2 Å². The summed E-state index contributed by atoms with van der Waals surface area (Å²) < 4.78 is 10.7. The van der Waals surface area contributed by atoms with Crippen LogP contribution in [0, 0.1) is 0 Å². The highest BCUT2D eigenvalue weighted by Crippen LogP contribution is 2.28. The van der Waals surface area contributed by atoms with Gasteiger partial charge in [-0.05, 0) is 41.1 Å². The molecule has 5 heteroatoms. The molecule has 0 saturated carbocycles. The number of nitrogens with zero attached hydrogens (tertiary/aromatic N) is 1. The fourth-order valence-electron chi connectivity index (χ4n) is 3.07. The Kier molecular flexibility index (Phi) is 7.09. The summed E-state index contributed by atoms with van der Waals surface area (Å²) >= 11 is 1.68. The third kappa shape index (κ3) is 5.36. The lowest BCUT2D eigenvalue weighted by Gasteiger charge is -2.23. The number of rotatable bonds is 9. The number of carbonyl (C=O) groups is 1. The van der Waals surface area contributed by atoms with Gasteiger partial charge in [0, 0.05) is 11.4 Å². The summed E-state index contributed by atoms with van der Waals surface area (Å²) in [6.07, 6.45) is 1.17. The third-order valence-corrected chi connectivity index (χ3v) is 5.46. The molecule has 3 rings (SSSR count). The molecule has 0 spiro atoms. The SMILES string of the molecule is COc1ccc(CCN(Cc2cccs2)C(=O)Cc2ccccc2)cc1OC. The lowest BCUT2D eigenvalue weighted by atomic mass is 10.1. The molecule has 1 heterocycles. The first-order valence-electron chi connectivity index (χ1n) is 9.24. The quantitative estimate of drug-likeness (QED) is 0.532. The second-order valence-electron chi connectivity index (χ2n) is 6.50. The van der Waals surface area contributed by atoms with E-state index in [2.05, 4.69) is 6.07 Å². The summed E-state index contributed by atoms with van der Waals surface area (Å²) in [4.78, 5) is 16.1. The normalized spacial score (nSPS) is 10.5. The molecule has 0 aliphatic heterocycles. The molecule has 1 amide bonds. The highest BCUT2D eigenvalue weighted by Gasteiger charge is 2.16. The van der Waals surface area contributed by atoms with Gasteiger partial charge in [0.25, 0.3) is 0 Å². The van der Waals surface area contributed by atoms with Crippen LogP contribution in [0.5, 0.6) is 11.5 Å². The van der Waals surface area contributed by atoms with E-state index >= 15 is 0 Å². The Morgan fingerprint density at radius 3 is 2.39 bits per heavy atom. The van der Waals surface area contributed by atoms with Crippen LogP contribution in [0.25, 0.3) is 0 Å². The van der Waals surface area contributed by atoms with Gasteiger partial charge < -0.3 is 14.4 Å². The van der Waals surface area contributed by atoms with Crippen LogP contribution in [-0.2, 0) is 24.2 Å². The number of methoxy groups -OCH3 is 2. The van der Waals surface area contributed by atoms with Gasteiger partial charge in [0.2, 0.25) is 5.91 Å². The van der Waals surface area contributed by atoms with Crippen LogP contribution in [-0.4, -0.2) is 31.6 Å². The van der Waals surface area contributed by atoms with E-state index in [1.807, 2.05) is 64.9 Å². The molecule has 3 aromatic rings. The first-order chi connectivity index (χ1) is 13.7. The Morgan fingerprint density at radius 2 is 1.71 bits per heavy atom. The molecule has 0 saturated heterocycles. The molecule has 1 aromatic heterocycles. The first-order valence-corrected chi connectivity index (χ1v) is 10.1. The van der Waals surface area contributed by atoms with Gasteiger partial charge in [-0.2, -0.15) is 0 Å². The minimum Gasteiger partial charge on any atom is -0.493 e. The molecule has 0 aliphatic carbocycles. The summed E-state index contributed by atoms with van der Waals surface area (Å²) in [5.41, 5.74) is 2.15. The Labute approximate surface area is 170 Å². The van der Waals surface area contributed by atoms with Crippen molar-refractivity contribution in [2.45, 2.75) is 19.4 Å². The zero-order valence-electron chi connectivity index (χ0n) is 16.3. The van der Waals surface area contributed by atoms with Crippen molar-refractivity contribution < 1.29 is 14.3 Å². The molecule has 0 aliphatic rings. The van der Waals surface area contributed by atoms with Crippen molar-refractivity contribution in [2.75, 3.05) is 20.8 Å². The van der Waals surface area contributed by atoms with Gasteiger partial charge in [-0.15, -0.1) is 11.3 Å². The highest BCUT2D eigenvalue weighted by atomic mass is 32.1. The number of hydrogen-bond donors (Lipinski definition) is 0. The predicted molar refractivity (Wildman–Crippen MR) is 113 cm³/mol. The summed E-state index contributed by atoms with van der Waals surface area (Å²) in [6, 6.07) is 19.9. The Hall–Kier alpha value is -2.79. The lowest BCUT2D eigenvalue weighted by molar-refractivity contribution is -0.131. The zero-order chi connectivity index (χ0) is 19.8. The van der Waals surface area contributed by atoms with E-state index in [-0.39, 0.29) is 5.91 Å². The highest BCUT2D eigenvalue weighted by molar-refractivity contribution is 7.09. The van der Waals surface area contributed by atoms with Crippen LogP contribution in [0.15, 0.2) is 66.0 Å². The summed E-state index contributed by atoms with van der Waals surface area (Å²) in [7, 11) is 3.26. The van der Waals surface area contributed by atoms with Gasteiger partial charge in [0.05, 0.1) is 27.2 Å². The van der Waals surface area contributed by atoms with E-state index in [4.69, 9.17) is 9.47 Å². The predicted octanol–water partition coefficient (Wildman–Crippen LogP) is 4.58. The number of benzene rings is 2. The maximum Gasteiger partial charge on any atom is 0.227 e. The second-order valence-corrected chi connectivity index (χ2v) is 7.53. The largest absolute Gasteiger partial charge is 0.493 e. The standard InChI is InChI=1S/C23H25NO3S/c1-26-21-11-10-19(15-22(21)27-2)12-13-24(17-20-9-6-14-28-20)23(25)16-18-7-4-3-5-8-18/h3-11,14-15H,12-13,16-17H2,1-2H3. The van der Waals surface area contributed by atoms with Gasteiger partial charge in [-0.1, -0.05) is 42.5 Å². The third-order valence-electron chi connectivity index (χ3n) is 4.60. The molecular formula is C23H25NO3S. The maximum absolute atomic E-state index is 13.0. The fraction of sp³-hybridized carbons (Fsp3) is 0.261. The molecule has 146 valence electrons. The van der Waals surface area contributed by atoms with Crippen LogP contribution in [0.2, 0.25) is 0 Å². The van der Waals surface area contributed by atoms with Crippen LogP contribution < -0.4 is 9.47 Å². The van der Waals surface area contributed by atoms with Crippen LogP contribution in [0.1, 0.15) is 16.0 Å². The fourth-order valence-corrected chi connectivity index (χ4v) is 3.78. The Bertz CT molecular complexity index is 878. The number of amides is 1. The van der Waals surface area contributed by atoms with Crippen molar-refractivity contribution in [3.8, 4) is 11.5 Å². The summed E-state index contributed by atoms with van der Waals surface area (Å²) in [6.45, 7) is 1.29. The topological polar surface area (TPSA) is 38.8 Å². The Balaban J connectivity index is 1.71. The molecule has 28 heavy (non-hydrogen) atoms. The van der Waals surface area contributed by atoms with Crippen molar-refractivity contribution in [1.29, 1.82) is 0 Å². The number of ether oxygens (including phenoxy) is 2. The van der Waals surface area contributed by atoms with Crippen LogP contribution in [0.3, 0.4) is 0 Å². The number of thiophene rings is 1. The molecule has 0 atom stereocenters. The second kappa shape index (κ2) is 9.95. The molecule has 0 N–H and O–H groups in total. The molecule has 2 aromatic carbocycles. The van der Waals surface area contributed by atoms with Crippen molar-refractivity contribution in [3.63, 3.8) is 0 Å². The van der Waals surface area contributed by atoms with E-state index in [0.29, 0.717) is 31.0 Å². The zero-order valence-corrected chi connectivity index (χ0v) is 17.1. The first kappa shape index (κ1) is 20.0. The van der Waals surface area contributed by atoms with E-state index in [9.17, 15) is 4.79 Å². The number of hydrogen-bond acceptors (Lipinski definition) is 4. The minimum absolute atomic E-state index is 0.139. The van der Waals surface area contributed by atoms with Gasteiger partial charge in [-0.3, -0.25) is 4.79 Å². The van der Waals surface area contributed by atoms with E-state index < -0.39 is 0 Å². The molecular weight excluding hydrogens is 370 g/mol. The van der Waals surface area contributed by atoms with E-state index in [1.54, 1.807) is 25.6 Å². The lowest BCUT2D eigenvalue weighted by Crippen LogP contribution is -2.33. The Morgan fingerprint density at radius 1 is 0.929 bits per heavy atom. The maximum atomic E-state index is 13.0. The van der Waals surface area contributed by atoms with Gasteiger partial charge in [-0.25, -0.2) is 0 Å². The number of carbonyl (C=O) groups excluding carboxylic acids is 1. The van der Waals surface area contributed by atoms with E-state index in [0.717, 1.165) is 17.5 Å². The van der Waals surface area contributed by atoms with Gasteiger partial charge in [0.15, 0.2) is 11.5 Å². The van der Waals surface area contributed by atoms with Gasteiger partial charge in [0.1, 0.15) is 0 Å². The monoisotopic (exact) mass is 395 g/mol. The molecule has 4 nitrogen and oxygen atoms in total.